The van der Waals surface area contributed by atoms with Gasteiger partial charge in [-0.25, -0.2) is 0 Å². The lowest BCUT2D eigenvalue weighted by Crippen LogP contribution is -2.48. The van der Waals surface area contributed by atoms with Crippen LogP contribution < -0.4 is 14.2 Å². The van der Waals surface area contributed by atoms with E-state index in [4.69, 9.17) is 9.47 Å². The molecule has 0 aromatic heterocycles. The van der Waals surface area contributed by atoms with E-state index >= 15 is 0 Å². The van der Waals surface area contributed by atoms with Crippen LogP contribution in [0.2, 0.25) is 0 Å². The number of rotatable bonds is 6. The summed E-state index contributed by atoms with van der Waals surface area (Å²) in [6, 6.07) is 11.6. The van der Waals surface area contributed by atoms with Crippen molar-refractivity contribution in [2.24, 2.45) is 0 Å². The Balaban J connectivity index is 1.21. The van der Waals surface area contributed by atoms with Gasteiger partial charge in [0, 0.05) is 39.1 Å². The van der Waals surface area contributed by atoms with Crippen molar-refractivity contribution < 1.29 is 32.2 Å². The molecule has 2 aliphatic heterocycles. The maximum atomic E-state index is 12.6. The van der Waals surface area contributed by atoms with E-state index < -0.39 is 6.36 Å². The molecule has 0 bridgehead atoms. The average Bonchev–Trinajstić information content (AvgIpc) is 3.21. The van der Waals surface area contributed by atoms with Crippen LogP contribution in [-0.2, 0) is 17.8 Å². The van der Waals surface area contributed by atoms with Gasteiger partial charge >= 0.3 is 6.36 Å². The normalized spacial score (nSPS) is 16.4. The molecule has 2 aromatic carbocycles. The molecule has 1 saturated heterocycles. The van der Waals surface area contributed by atoms with Gasteiger partial charge in [0.05, 0.1) is 0 Å². The number of alkyl halides is 3. The zero-order valence-corrected chi connectivity index (χ0v) is 16.9. The first kappa shape index (κ1) is 21.3. The molecule has 2 aromatic rings. The van der Waals surface area contributed by atoms with Crippen molar-refractivity contribution >= 4 is 5.91 Å². The first-order valence-electron chi connectivity index (χ1n) is 10.1. The number of ether oxygens (including phenoxy) is 3. The fourth-order valence-electron chi connectivity index (χ4n) is 3.72. The molecule has 0 spiro atoms. The van der Waals surface area contributed by atoms with E-state index in [1.54, 1.807) is 12.1 Å². The Morgan fingerprint density at radius 2 is 1.61 bits per heavy atom. The number of piperazine rings is 1. The number of aryl methyl sites for hydroxylation is 1. The van der Waals surface area contributed by atoms with Gasteiger partial charge in [0.25, 0.3) is 0 Å². The summed E-state index contributed by atoms with van der Waals surface area (Å²) in [7, 11) is 0. The molecule has 1 fully saturated rings. The van der Waals surface area contributed by atoms with Crippen LogP contribution in [0.15, 0.2) is 42.5 Å². The maximum Gasteiger partial charge on any atom is 0.573 e. The Morgan fingerprint density at radius 3 is 2.32 bits per heavy atom. The van der Waals surface area contributed by atoms with Gasteiger partial charge in [-0.2, -0.15) is 0 Å². The number of hydrogen-bond acceptors (Lipinski definition) is 5. The van der Waals surface area contributed by atoms with Gasteiger partial charge in [-0.3, -0.25) is 9.69 Å². The van der Waals surface area contributed by atoms with Gasteiger partial charge in [0.15, 0.2) is 11.5 Å². The molecule has 6 nitrogen and oxygen atoms in total. The van der Waals surface area contributed by atoms with Gasteiger partial charge in [0.2, 0.25) is 12.7 Å². The second-order valence-corrected chi connectivity index (χ2v) is 7.54. The third-order valence-electron chi connectivity index (χ3n) is 5.35. The Hall–Kier alpha value is -2.94. The van der Waals surface area contributed by atoms with Crippen LogP contribution in [0.25, 0.3) is 0 Å². The summed E-state index contributed by atoms with van der Waals surface area (Å²) in [4.78, 5) is 16.6. The minimum atomic E-state index is -4.69. The topological polar surface area (TPSA) is 51.2 Å². The maximum absolute atomic E-state index is 12.6. The largest absolute Gasteiger partial charge is 0.573 e. The molecule has 31 heavy (non-hydrogen) atoms. The lowest BCUT2D eigenvalue weighted by atomic mass is 10.1. The van der Waals surface area contributed by atoms with Crippen molar-refractivity contribution in [2.75, 3.05) is 33.0 Å². The number of carbonyl (C=O) groups is 1. The fraction of sp³-hybridized carbons (Fsp3) is 0.409. The SMILES string of the molecule is O=C(CCc1ccc2c(c1)OCO2)N1CCN(Cc2ccc(OC(F)(F)F)cc2)CC1. The summed E-state index contributed by atoms with van der Waals surface area (Å²) in [6.45, 7) is 3.55. The van der Waals surface area contributed by atoms with Gasteiger partial charge in [0.1, 0.15) is 5.75 Å². The van der Waals surface area contributed by atoms with Crippen LogP contribution in [0.5, 0.6) is 17.2 Å². The van der Waals surface area contributed by atoms with Crippen LogP contribution in [0.3, 0.4) is 0 Å². The lowest BCUT2D eigenvalue weighted by molar-refractivity contribution is -0.274. The van der Waals surface area contributed by atoms with Crippen LogP contribution >= 0.6 is 0 Å². The van der Waals surface area contributed by atoms with E-state index in [0.29, 0.717) is 32.5 Å². The molecule has 9 heteroatoms. The molecular weight excluding hydrogens is 413 g/mol. The smallest absolute Gasteiger partial charge is 0.454 e. The van der Waals surface area contributed by atoms with Crippen molar-refractivity contribution in [1.29, 1.82) is 0 Å². The highest BCUT2D eigenvalue weighted by Crippen LogP contribution is 2.32. The Morgan fingerprint density at radius 1 is 0.935 bits per heavy atom. The highest BCUT2D eigenvalue weighted by molar-refractivity contribution is 5.76. The molecule has 1 amide bonds. The monoisotopic (exact) mass is 436 g/mol. The number of nitrogens with zero attached hydrogens (tertiary/aromatic N) is 2. The predicted molar refractivity (Wildman–Crippen MR) is 106 cm³/mol. The third-order valence-corrected chi connectivity index (χ3v) is 5.35. The highest BCUT2D eigenvalue weighted by atomic mass is 19.4. The summed E-state index contributed by atoms with van der Waals surface area (Å²) in [5.41, 5.74) is 1.94. The van der Waals surface area contributed by atoms with Crippen LogP contribution in [0.4, 0.5) is 13.2 Å². The van der Waals surface area contributed by atoms with Gasteiger partial charge in [-0.1, -0.05) is 18.2 Å². The number of fused-ring (bicyclic) bond motifs is 1. The van der Waals surface area contributed by atoms with E-state index in [9.17, 15) is 18.0 Å². The zero-order valence-electron chi connectivity index (χ0n) is 16.9. The first-order chi connectivity index (χ1) is 14.9. The molecule has 2 heterocycles. The zero-order chi connectivity index (χ0) is 21.8. The number of hydrogen-bond donors (Lipinski definition) is 0. The Kier molecular flexibility index (Phi) is 6.22. The van der Waals surface area contributed by atoms with E-state index in [2.05, 4.69) is 9.64 Å². The summed E-state index contributed by atoms with van der Waals surface area (Å²) in [5.74, 6) is 1.34. The molecule has 166 valence electrons. The number of carbonyl (C=O) groups excluding carboxylic acids is 1. The van der Waals surface area contributed by atoms with E-state index in [1.165, 1.54) is 12.1 Å². The van der Waals surface area contributed by atoms with E-state index in [0.717, 1.165) is 35.7 Å². The minimum absolute atomic E-state index is 0.117. The van der Waals surface area contributed by atoms with E-state index in [1.807, 2.05) is 23.1 Å². The van der Waals surface area contributed by atoms with Gasteiger partial charge in [-0.15, -0.1) is 13.2 Å². The molecule has 0 atom stereocenters. The predicted octanol–water partition coefficient (Wildman–Crippen LogP) is 3.59. The second-order valence-electron chi connectivity index (χ2n) is 7.54. The van der Waals surface area contributed by atoms with Gasteiger partial charge < -0.3 is 19.1 Å². The Bertz CT molecular complexity index is 910. The summed E-state index contributed by atoms with van der Waals surface area (Å²) >= 11 is 0. The number of benzene rings is 2. The molecule has 0 N–H and O–H groups in total. The Labute approximate surface area is 178 Å². The summed E-state index contributed by atoms with van der Waals surface area (Å²) < 4.78 is 51.3. The van der Waals surface area contributed by atoms with Crippen molar-refractivity contribution in [3.05, 3.63) is 53.6 Å². The molecule has 0 saturated carbocycles. The van der Waals surface area contributed by atoms with E-state index in [-0.39, 0.29) is 18.4 Å². The van der Waals surface area contributed by atoms with Crippen LogP contribution in [0, 0.1) is 0 Å². The number of amides is 1. The van der Waals surface area contributed by atoms with Gasteiger partial charge in [-0.05, 0) is 41.8 Å². The van der Waals surface area contributed by atoms with Crippen LogP contribution in [0.1, 0.15) is 17.5 Å². The average molecular weight is 436 g/mol. The standard InChI is InChI=1S/C22H23F3N2O4/c23-22(24,25)31-18-5-1-17(2-6-18)14-26-9-11-27(12-10-26)21(28)8-4-16-3-7-19-20(13-16)30-15-29-19/h1-3,5-7,13H,4,8-12,14-15H2. The molecule has 4 rings (SSSR count). The first-order valence-corrected chi connectivity index (χ1v) is 10.1. The fourth-order valence-corrected chi connectivity index (χ4v) is 3.72. The molecule has 0 unspecified atom stereocenters. The molecule has 2 aliphatic rings. The molecular formula is C22H23F3N2O4. The highest BCUT2D eigenvalue weighted by Gasteiger charge is 2.31. The molecule has 0 radical (unpaired) electrons. The summed E-state index contributed by atoms with van der Waals surface area (Å²) in [6.07, 6.45) is -3.62. The molecule has 0 aliphatic carbocycles. The summed E-state index contributed by atoms with van der Waals surface area (Å²) in [5, 5.41) is 0. The third kappa shape index (κ3) is 5.81. The van der Waals surface area contributed by atoms with Crippen molar-refractivity contribution in [1.82, 2.24) is 9.80 Å². The van der Waals surface area contributed by atoms with Crippen molar-refractivity contribution in [3.8, 4) is 17.2 Å². The second kappa shape index (κ2) is 9.05. The van der Waals surface area contributed by atoms with Crippen LogP contribution in [-0.4, -0.2) is 55.0 Å². The minimum Gasteiger partial charge on any atom is -0.454 e. The lowest BCUT2D eigenvalue weighted by Gasteiger charge is -2.35. The number of halogens is 3. The van der Waals surface area contributed by atoms with Crippen molar-refractivity contribution in [2.45, 2.75) is 25.7 Å². The quantitative estimate of drug-likeness (QED) is 0.693. The van der Waals surface area contributed by atoms with Crippen molar-refractivity contribution in [3.63, 3.8) is 0 Å².